The molecule has 0 amide bonds. The van der Waals surface area contributed by atoms with Crippen LogP contribution in [0.15, 0.2) is 0 Å². The molecule has 1 aliphatic rings. The van der Waals surface area contributed by atoms with Crippen LogP contribution >= 0.6 is 0 Å². The van der Waals surface area contributed by atoms with Gasteiger partial charge in [0.1, 0.15) is 6.29 Å². The second kappa shape index (κ2) is 2.51. The molecular weight excluding hydrogens is 144 g/mol. The van der Waals surface area contributed by atoms with E-state index in [1.807, 2.05) is 6.19 Å². The zero-order valence-corrected chi connectivity index (χ0v) is 6.32. The third kappa shape index (κ3) is 1.49. The van der Waals surface area contributed by atoms with Crippen molar-refractivity contribution in [3.8, 4) is 6.19 Å². The van der Waals surface area contributed by atoms with Crippen LogP contribution in [0.25, 0.3) is 0 Å². The van der Waals surface area contributed by atoms with Crippen LogP contribution in [0.5, 0.6) is 0 Å². The van der Waals surface area contributed by atoms with Crippen molar-refractivity contribution in [2.45, 2.75) is 25.0 Å². The van der Waals surface area contributed by atoms with Gasteiger partial charge in [0, 0.05) is 6.42 Å². The van der Waals surface area contributed by atoms with Crippen LogP contribution < -0.4 is 0 Å². The van der Waals surface area contributed by atoms with Crippen molar-refractivity contribution in [3.63, 3.8) is 0 Å². The molecule has 4 nitrogen and oxygen atoms in total. The van der Waals surface area contributed by atoms with Gasteiger partial charge in [0.05, 0.1) is 18.2 Å². The van der Waals surface area contributed by atoms with E-state index < -0.39 is 11.6 Å². The molecular formula is C7H10N2O2. The van der Waals surface area contributed by atoms with Crippen molar-refractivity contribution in [3.05, 3.63) is 0 Å². The maximum absolute atomic E-state index is 10.4. The van der Waals surface area contributed by atoms with Gasteiger partial charge in [0.15, 0.2) is 6.19 Å². The Morgan fingerprint density at radius 3 is 2.91 bits per heavy atom. The quantitative estimate of drug-likeness (QED) is 0.408. The van der Waals surface area contributed by atoms with Crippen LogP contribution in [-0.4, -0.2) is 34.5 Å². The van der Waals surface area contributed by atoms with Gasteiger partial charge in [-0.1, -0.05) is 0 Å². The van der Waals surface area contributed by atoms with Crippen LogP contribution in [0, 0.1) is 11.5 Å². The Balaban J connectivity index is 2.71. The molecule has 1 rings (SSSR count). The van der Waals surface area contributed by atoms with E-state index in [2.05, 4.69) is 0 Å². The zero-order valence-electron chi connectivity index (χ0n) is 6.32. The molecule has 1 N–H and O–H groups in total. The molecule has 0 aliphatic carbocycles. The minimum atomic E-state index is -0.888. The third-order valence-electron chi connectivity index (χ3n) is 1.85. The normalized spacial score (nSPS) is 36.8. The summed E-state index contributed by atoms with van der Waals surface area (Å²) in [7, 11) is 0. The van der Waals surface area contributed by atoms with Crippen LogP contribution in [-0.2, 0) is 4.79 Å². The highest BCUT2D eigenvalue weighted by Gasteiger charge is 2.38. The van der Waals surface area contributed by atoms with Gasteiger partial charge in [-0.2, -0.15) is 5.26 Å². The summed E-state index contributed by atoms with van der Waals surface area (Å²) >= 11 is 0. The molecule has 0 aromatic carbocycles. The second-order valence-electron chi connectivity index (χ2n) is 3.13. The molecule has 0 aromatic heterocycles. The average molecular weight is 154 g/mol. The summed E-state index contributed by atoms with van der Waals surface area (Å²) in [5, 5.41) is 18.0. The third-order valence-corrected chi connectivity index (χ3v) is 1.85. The highest BCUT2D eigenvalue weighted by Crippen LogP contribution is 2.24. The zero-order chi connectivity index (χ0) is 8.48. The maximum atomic E-state index is 10.4. The van der Waals surface area contributed by atoms with Gasteiger partial charge in [-0.3, -0.25) is 4.90 Å². The smallest absolute Gasteiger partial charge is 0.180 e. The van der Waals surface area contributed by atoms with E-state index in [4.69, 9.17) is 5.26 Å². The number of nitriles is 1. The molecule has 0 spiro atoms. The number of likely N-dealkylation sites (tertiary alicyclic amines) is 1. The molecule has 0 saturated carbocycles. The van der Waals surface area contributed by atoms with Crippen molar-refractivity contribution < 1.29 is 9.90 Å². The highest BCUT2D eigenvalue weighted by atomic mass is 16.3. The number of nitrogens with zero attached hydrogens (tertiary/aromatic N) is 2. The summed E-state index contributed by atoms with van der Waals surface area (Å²) < 4.78 is 0. The standard InChI is InChI=1S/C7H10N2O2/c1-7(11)2-6(3-10)9(4-7)5-8/h3,6,11H,2,4H2,1H3/t6?,7-/m1/s1. The van der Waals surface area contributed by atoms with Gasteiger partial charge in [0.25, 0.3) is 0 Å². The second-order valence-corrected chi connectivity index (χ2v) is 3.13. The number of aliphatic hydroxyl groups is 1. The molecule has 1 heterocycles. The first-order chi connectivity index (χ1) is 5.09. The average Bonchev–Trinajstić information content (AvgIpc) is 2.25. The molecule has 1 unspecified atom stereocenters. The first-order valence-corrected chi connectivity index (χ1v) is 3.43. The van der Waals surface area contributed by atoms with Gasteiger partial charge >= 0.3 is 0 Å². The van der Waals surface area contributed by atoms with E-state index in [9.17, 15) is 9.90 Å². The van der Waals surface area contributed by atoms with E-state index in [0.717, 1.165) is 0 Å². The molecule has 0 radical (unpaired) electrons. The number of carbonyl (C=O) groups excluding carboxylic acids is 1. The lowest BCUT2D eigenvalue weighted by atomic mass is 10.0. The van der Waals surface area contributed by atoms with Crippen LogP contribution in [0.2, 0.25) is 0 Å². The fourth-order valence-electron chi connectivity index (χ4n) is 1.34. The molecule has 11 heavy (non-hydrogen) atoms. The maximum Gasteiger partial charge on any atom is 0.180 e. The van der Waals surface area contributed by atoms with E-state index in [1.165, 1.54) is 4.90 Å². The molecule has 60 valence electrons. The van der Waals surface area contributed by atoms with E-state index in [0.29, 0.717) is 12.7 Å². The summed E-state index contributed by atoms with van der Waals surface area (Å²) in [6.45, 7) is 1.88. The molecule has 1 aliphatic heterocycles. The fourth-order valence-corrected chi connectivity index (χ4v) is 1.34. The first kappa shape index (κ1) is 8.02. The topological polar surface area (TPSA) is 64.3 Å². The Labute approximate surface area is 65.0 Å². The van der Waals surface area contributed by atoms with Crippen LogP contribution in [0.3, 0.4) is 0 Å². The highest BCUT2D eigenvalue weighted by molar-refractivity contribution is 5.59. The Kier molecular flexibility index (Phi) is 1.83. The van der Waals surface area contributed by atoms with Crippen LogP contribution in [0.4, 0.5) is 0 Å². The van der Waals surface area contributed by atoms with Gasteiger partial charge in [-0.15, -0.1) is 0 Å². The molecule has 2 atom stereocenters. The molecule has 0 bridgehead atoms. The Morgan fingerprint density at radius 2 is 2.55 bits per heavy atom. The van der Waals surface area contributed by atoms with Crippen molar-refractivity contribution in [2.24, 2.45) is 0 Å². The SMILES string of the molecule is C[C@@]1(O)CC(C=O)N(C#N)C1. The van der Waals surface area contributed by atoms with Crippen molar-refractivity contribution in [1.29, 1.82) is 5.26 Å². The van der Waals surface area contributed by atoms with E-state index >= 15 is 0 Å². The number of hydrogen-bond donors (Lipinski definition) is 1. The minimum absolute atomic E-state index is 0.257. The van der Waals surface area contributed by atoms with Gasteiger partial charge in [-0.05, 0) is 6.92 Å². The van der Waals surface area contributed by atoms with Gasteiger partial charge < -0.3 is 9.90 Å². The van der Waals surface area contributed by atoms with Crippen molar-refractivity contribution in [1.82, 2.24) is 4.90 Å². The predicted molar refractivity (Wildman–Crippen MR) is 37.4 cm³/mol. The van der Waals surface area contributed by atoms with E-state index in [-0.39, 0.29) is 6.54 Å². The lowest BCUT2D eigenvalue weighted by molar-refractivity contribution is -0.110. The largest absolute Gasteiger partial charge is 0.388 e. The van der Waals surface area contributed by atoms with Crippen LogP contribution in [0.1, 0.15) is 13.3 Å². The number of rotatable bonds is 1. The predicted octanol–water partition coefficient (Wildman–Crippen LogP) is -0.508. The molecule has 1 fully saturated rings. The number of aldehydes is 1. The fraction of sp³-hybridized carbons (Fsp3) is 0.714. The summed E-state index contributed by atoms with van der Waals surface area (Å²) in [5.41, 5.74) is -0.888. The summed E-state index contributed by atoms with van der Waals surface area (Å²) in [4.78, 5) is 11.7. The summed E-state index contributed by atoms with van der Waals surface area (Å²) in [6.07, 6.45) is 2.91. The van der Waals surface area contributed by atoms with Gasteiger partial charge in [-0.25, -0.2) is 0 Å². The lowest BCUT2D eigenvalue weighted by Gasteiger charge is -2.13. The van der Waals surface area contributed by atoms with Crippen molar-refractivity contribution >= 4 is 6.29 Å². The van der Waals surface area contributed by atoms with E-state index in [1.54, 1.807) is 6.92 Å². The minimum Gasteiger partial charge on any atom is -0.388 e. The Bertz CT molecular complexity index is 207. The molecule has 0 aromatic rings. The monoisotopic (exact) mass is 154 g/mol. The van der Waals surface area contributed by atoms with Crippen molar-refractivity contribution in [2.75, 3.05) is 6.54 Å². The Morgan fingerprint density at radius 1 is 1.91 bits per heavy atom. The summed E-state index contributed by atoms with van der Waals surface area (Å²) in [6, 6.07) is -0.435. The van der Waals surface area contributed by atoms with Gasteiger partial charge in [0.2, 0.25) is 0 Å². The Hall–Kier alpha value is -1.08. The molecule has 4 heteroatoms. The summed E-state index contributed by atoms with van der Waals surface area (Å²) in [5.74, 6) is 0. The first-order valence-electron chi connectivity index (χ1n) is 3.43. The number of carbonyl (C=O) groups is 1. The lowest BCUT2D eigenvalue weighted by Crippen LogP contribution is -2.28. The number of hydrogen-bond acceptors (Lipinski definition) is 4. The molecule has 1 saturated heterocycles. The number of β-amino-alcohol motifs (C(OH)–C–C–N with tert-alkyl or cyclic N) is 1.